The zero-order valence-corrected chi connectivity index (χ0v) is 7.56. The molecule has 0 saturated carbocycles. The Hall–Kier alpha value is -1.45. The van der Waals surface area contributed by atoms with Crippen LogP contribution >= 0.6 is 0 Å². The molecule has 0 saturated heterocycles. The van der Waals surface area contributed by atoms with Gasteiger partial charge in [0.2, 0.25) is 0 Å². The maximum atomic E-state index is 11.1. The largest absolute Gasteiger partial charge is 0.300 e. The number of aromatic nitrogens is 2. The number of hydrogen-bond donors (Lipinski definition) is 0. The summed E-state index contributed by atoms with van der Waals surface area (Å²) < 4.78 is 1.50. The van der Waals surface area contributed by atoms with E-state index < -0.39 is 0 Å². The highest BCUT2D eigenvalue weighted by molar-refractivity contribution is 5.75. The van der Waals surface area contributed by atoms with Gasteiger partial charge in [0.25, 0.3) is 5.56 Å². The van der Waals surface area contributed by atoms with E-state index in [0.717, 1.165) is 0 Å². The predicted molar refractivity (Wildman–Crippen MR) is 48.4 cm³/mol. The summed E-state index contributed by atoms with van der Waals surface area (Å²) in [4.78, 5) is 25.6. The quantitative estimate of drug-likeness (QED) is 0.682. The first-order chi connectivity index (χ1) is 6.20. The topological polar surface area (TPSA) is 52.0 Å². The summed E-state index contributed by atoms with van der Waals surface area (Å²) in [5.74, 6) is 0.150. The number of carbonyl (C=O) groups excluding carboxylic acids is 1. The van der Waals surface area contributed by atoms with Crippen molar-refractivity contribution in [2.24, 2.45) is 0 Å². The van der Waals surface area contributed by atoms with Crippen molar-refractivity contribution in [3.8, 4) is 0 Å². The van der Waals surface area contributed by atoms with Crippen LogP contribution in [0, 0.1) is 0 Å². The summed E-state index contributed by atoms with van der Waals surface area (Å²) in [6.45, 7) is 2.11. The molecule has 1 heterocycles. The third-order valence-electron chi connectivity index (χ3n) is 1.72. The van der Waals surface area contributed by atoms with Gasteiger partial charge in [0.15, 0.2) is 0 Å². The molecule has 1 aromatic heterocycles. The molecular weight excluding hydrogens is 168 g/mol. The van der Waals surface area contributed by atoms with Crippen LogP contribution in [0.15, 0.2) is 23.4 Å². The summed E-state index contributed by atoms with van der Waals surface area (Å²) in [7, 11) is 0. The molecule has 4 heteroatoms. The number of carbonyl (C=O) groups is 1. The Morgan fingerprint density at radius 3 is 3.00 bits per heavy atom. The Morgan fingerprint density at radius 1 is 1.62 bits per heavy atom. The van der Waals surface area contributed by atoms with Gasteiger partial charge in [-0.2, -0.15) is 0 Å². The van der Waals surface area contributed by atoms with Gasteiger partial charge in [-0.15, -0.1) is 0 Å². The van der Waals surface area contributed by atoms with Gasteiger partial charge in [-0.25, -0.2) is 4.98 Å². The SMILES string of the molecule is CC(=O)CCCn1cnccc1=O. The van der Waals surface area contributed by atoms with E-state index in [4.69, 9.17) is 0 Å². The minimum absolute atomic E-state index is 0.0708. The van der Waals surface area contributed by atoms with Crippen molar-refractivity contribution in [1.29, 1.82) is 0 Å². The van der Waals surface area contributed by atoms with Crippen molar-refractivity contribution in [2.75, 3.05) is 0 Å². The summed E-state index contributed by atoms with van der Waals surface area (Å²) in [6.07, 6.45) is 4.16. The molecule has 0 aromatic carbocycles. The number of hydrogen-bond acceptors (Lipinski definition) is 3. The summed E-state index contributed by atoms with van der Waals surface area (Å²) in [6, 6.07) is 1.41. The molecule has 1 aromatic rings. The van der Waals surface area contributed by atoms with E-state index in [-0.39, 0.29) is 11.3 Å². The molecule has 0 aliphatic heterocycles. The van der Waals surface area contributed by atoms with Crippen LogP contribution in [0.1, 0.15) is 19.8 Å². The number of aryl methyl sites for hydroxylation is 1. The molecule has 13 heavy (non-hydrogen) atoms. The molecular formula is C9H12N2O2. The van der Waals surface area contributed by atoms with Crippen molar-refractivity contribution in [3.05, 3.63) is 28.9 Å². The molecule has 0 fully saturated rings. The van der Waals surface area contributed by atoms with Crippen LogP contribution < -0.4 is 5.56 Å². The van der Waals surface area contributed by atoms with Gasteiger partial charge in [-0.1, -0.05) is 0 Å². The van der Waals surface area contributed by atoms with Crippen LogP contribution in [-0.4, -0.2) is 15.3 Å². The first-order valence-electron chi connectivity index (χ1n) is 4.20. The van der Waals surface area contributed by atoms with Gasteiger partial charge in [-0.3, -0.25) is 9.36 Å². The van der Waals surface area contributed by atoms with Gasteiger partial charge in [0.05, 0.1) is 6.33 Å². The minimum Gasteiger partial charge on any atom is -0.300 e. The van der Waals surface area contributed by atoms with Crippen LogP contribution in [0.3, 0.4) is 0 Å². The minimum atomic E-state index is -0.0708. The van der Waals surface area contributed by atoms with Crippen molar-refractivity contribution in [1.82, 2.24) is 9.55 Å². The first kappa shape index (κ1) is 9.64. The summed E-state index contributed by atoms with van der Waals surface area (Å²) in [5, 5.41) is 0. The molecule has 0 unspecified atom stereocenters. The molecule has 1 rings (SSSR count). The van der Waals surface area contributed by atoms with Crippen molar-refractivity contribution >= 4 is 5.78 Å². The Kier molecular flexibility index (Phi) is 3.37. The lowest BCUT2D eigenvalue weighted by Gasteiger charge is -2.01. The van der Waals surface area contributed by atoms with E-state index in [1.165, 1.54) is 23.2 Å². The molecule has 0 bridgehead atoms. The Balaban J connectivity index is 2.50. The van der Waals surface area contributed by atoms with E-state index >= 15 is 0 Å². The molecule has 0 radical (unpaired) electrons. The molecule has 4 nitrogen and oxygen atoms in total. The zero-order chi connectivity index (χ0) is 9.68. The first-order valence-corrected chi connectivity index (χ1v) is 4.20. The van der Waals surface area contributed by atoms with E-state index in [1.807, 2.05) is 0 Å². The second-order valence-corrected chi connectivity index (χ2v) is 2.92. The fraction of sp³-hybridized carbons (Fsp3) is 0.444. The number of rotatable bonds is 4. The second-order valence-electron chi connectivity index (χ2n) is 2.92. The average molecular weight is 180 g/mol. The summed E-state index contributed by atoms with van der Waals surface area (Å²) >= 11 is 0. The normalized spacial score (nSPS) is 9.92. The van der Waals surface area contributed by atoms with Gasteiger partial charge in [0, 0.05) is 25.2 Å². The molecule has 0 aliphatic carbocycles. The number of nitrogens with zero attached hydrogens (tertiary/aromatic N) is 2. The fourth-order valence-corrected chi connectivity index (χ4v) is 1.04. The Morgan fingerprint density at radius 2 is 2.38 bits per heavy atom. The summed E-state index contributed by atoms with van der Waals surface area (Å²) in [5.41, 5.74) is -0.0708. The maximum Gasteiger partial charge on any atom is 0.253 e. The van der Waals surface area contributed by atoms with Crippen molar-refractivity contribution < 1.29 is 4.79 Å². The Bertz CT molecular complexity index is 343. The van der Waals surface area contributed by atoms with Gasteiger partial charge >= 0.3 is 0 Å². The van der Waals surface area contributed by atoms with E-state index in [0.29, 0.717) is 19.4 Å². The van der Waals surface area contributed by atoms with Crippen molar-refractivity contribution in [2.45, 2.75) is 26.3 Å². The monoisotopic (exact) mass is 180 g/mol. The molecule has 0 atom stereocenters. The van der Waals surface area contributed by atoms with Crippen molar-refractivity contribution in [3.63, 3.8) is 0 Å². The van der Waals surface area contributed by atoms with Gasteiger partial charge < -0.3 is 4.79 Å². The smallest absolute Gasteiger partial charge is 0.253 e. The van der Waals surface area contributed by atoms with Crippen LogP contribution in [0.5, 0.6) is 0 Å². The van der Waals surface area contributed by atoms with Gasteiger partial charge in [-0.05, 0) is 13.3 Å². The van der Waals surface area contributed by atoms with Crippen LogP contribution in [-0.2, 0) is 11.3 Å². The average Bonchev–Trinajstić information content (AvgIpc) is 2.08. The van der Waals surface area contributed by atoms with Gasteiger partial charge in [0.1, 0.15) is 5.78 Å². The third kappa shape index (κ3) is 3.19. The highest BCUT2D eigenvalue weighted by atomic mass is 16.1. The lowest BCUT2D eigenvalue weighted by molar-refractivity contribution is -0.117. The lowest BCUT2D eigenvalue weighted by atomic mass is 10.2. The third-order valence-corrected chi connectivity index (χ3v) is 1.72. The van der Waals surface area contributed by atoms with Crippen LogP contribution in [0.4, 0.5) is 0 Å². The zero-order valence-electron chi connectivity index (χ0n) is 7.56. The second kappa shape index (κ2) is 4.54. The maximum absolute atomic E-state index is 11.1. The Labute approximate surface area is 76.2 Å². The fourth-order valence-electron chi connectivity index (χ4n) is 1.04. The van der Waals surface area contributed by atoms with E-state index in [1.54, 1.807) is 6.92 Å². The highest BCUT2D eigenvalue weighted by Crippen LogP contribution is 1.92. The standard InChI is InChI=1S/C9H12N2O2/c1-8(12)3-2-6-11-7-10-5-4-9(11)13/h4-5,7H,2-3,6H2,1H3. The van der Waals surface area contributed by atoms with E-state index in [9.17, 15) is 9.59 Å². The van der Waals surface area contributed by atoms with Crippen LogP contribution in [0.25, 0.3) is 0 Å². The lowest BCUT2D eigenvalue weighted by Crippen LogP contribution is -2.18. The predicted octanol–water partition coefficient (Wildman–Crippen LogP) is 0.612. The highest BCUT2D eigenvalue weighted by Gasteiger charge is 1.96. The molecule has 70 valence electrons. The molecule has 0 N–H and O–H groups in total. The number of Topliss-reactive ketones (excluding diaryl/α,β-unsaturated/α-hetero) is 1. The van der Waals surface area contributed by atoms with E-state index in [2.05, 4.69) is 4.98 Å². The molecule has 0 amide bonds. The molecule has 0 aliphatic rings. The molecule has 0 spiro atoms. The number of ketones is 1. The van der Waals surface area contributed by atoms with Crippen LogP contribution in [0.2, 0.25) is 0 Å².